The minimum absolute atomic E-state index is 0.221. The Morgan fingerprint density at radius 3 is 2.71 bits per heavy atom. The van der Waals surface area contributed by atoms with Crippen LogP contribution in [0.1, 0.15) is 12.0 Å². The smallest absolute Gasteiger partial charge is 0.325 e. The lowest BCUT2D eigenvalue weighted by Crippen LogP contribution is -2.81. The maximum Gasteiger partial charge on any atom is 0.325 e. The van der Waals surface area contributed by atoms with Crippen LogP contribution in [0.3, 0.4) is 0 Å². The topological polar surface area (TPSA) is 90.4 Å². The monoisotopic (exact) mass is 391 g/mol. The zero-order chi connectivity index (χ0) is 20.1. The van der Waals surface area contributed by atoms with Gasteiger partial charge in [-0.3, -0.25) is 29.1 Å². The highest BCUT2D eigenvalue weighted by Crippen LogP contribution is 2.40. The molecule has 3 heterocycles. The van der Waals surface area contributed by atoms with E-state index in [0.717, 1.165) is 4.90 Å². The van der Waals surface area contributed by atoms with Crippen molar-refractivity contribution in [3.8, 4) is 0 Å². The van der Waals surface area contributed by atoms with E-state index in [-0.39, 0.29) is 18.8 Å². The SMILES string of the molecule is COC(=O)CN1C(=O)C2CC(O)CN2C2(CN(Cc3ccccc3F)C2)C1=O. The number of halogens is 1. The number of amides is 2. The van der Waals surface area contributed by atoms with Crippen LogP contribution in [-0.2, 0) is 25.7 Å². The van der Waals surface area contributed by atoms with Crippen LogP contribution in [0.5, 0.6) is 0 Å². The first kappa shape index (κ1) is 19.0. The third kappa shape index (κ3) is 2.90. The fraction of sp³-hybridized carbons (Fsp3) is 0.526. The molecule has 2 atom stereocenters. The summed E-state index contributed by atoms with van der Waals surface area (Å²) in [5.41, 5.74) is -0.462. The average molecular weight is 391 g/mol. The van der Waals surface area contributed by atoms with E-state index in [9.17, 15) is 23.9 Å². The highest BCUT2D eigenvalue weighted by molar-refractivity contribution is 6.07. The zero-order valence-corrected chi connectivity index (χ0v) is 15.5. The summed E-state index contributed by atoms with van der Waals surface area (Å²) in [7, 11) is 1.20. The minimum atomic E-state index is -0.991. The number of esters is 1. The van der Waals surface area contributed by atoms with E-state index in [1.807, 2.05) is 4.90 Å². The van der Waals surface area contributed by atoms with Crippen molar-refractivity contribution in [2.45, 2.75) is 30.7 Å². The normalized spacial score (nSPS) is 27.0. The molecule has 0 aromatic heterocycles. The van der Waals surface area contributed by atoms with E-state index in [1.54, 1.807) is 23.1 Å². The van der Waals surface area contributed by atoms with Gasteiger partial charge >= 0.3 is 5.97 Å². The van der Waals surface area contributed by atoms with Crippen molar-refractivity contribution in [2.24, 2.45) is 0 Å². The van der Waals surface area contributed by atoms with Gasteiger partial charge in [-0.05, 0) is 12.5 Å². The van der Waals surface area contributed by atoms with E-state index in [0.29, 0.717) is 25.2 Å². The molecule has 3 fully saturated rings. The molecule has 28 heavy (non-hydrogen) atoms. The van der Waals surface area contributed by atoms with Crippen LogP contribution in [0.15, 0.2) is 24.3 Å². The summed E-state index contributed by atoms with van der Waals surface area (Å²) in [6, 6.07) is 5.81. The Kier molecular flexibility index (Phi) is 4.68. The van der Waals surface area contributed by atoms with Gasteiger partial charge in [-0.25, -0.2) is 4.39 Å². The molecule has 150 valence electrons. The van der Waals surface area contributed by atoms with Crippen LogP contribution in [0.2, 0.25) is 0 Å². The summed E-state index contributed by atoms with van der Waals surface area (Å²) in [5.74, 6) is -1.93. The number of nitrogens with zero attached hydrogens (tertiary/aromatic N) is 3. The lowest BCUT2D eigenvalue weighted by atomic mass is 9.82. The molecule has 0 bridgehead atoms. The lowest BCUT2D eigenvalue weighted by molar-refractivity contribution is -0.183. The third-order valence-electron chi connectivity index (χ3n) is 5.86. The van der Waals surface area contributed by atoms with Crippen molar-refractivity contribution < 1.29 is 28.6 Å². The number of aliphatic hydroxyl groups is 1. The molecule has 4 rings (SSSR count). The number of carbonyl (C=O) groups is 3. The van der Waals surface area contributed by atoms with Crippen LogP contribution >= 0.6 is 0 Å². The molecule has 1 N–H and O–H groups in total. The third-order valence-corrected chi connectivity index (χ3v) is 5.86. The number of fused-ring (bicyclic) bond motifs is 2. The highest BCUT2D eigenvalue weighted by atomic mass is 19.1. The Labute approximate surface area is 161 Å². The number of benzene rings is 1. The van der Waals surface area contributed by atoms with E-state index in [1.165, 1.54) is 13.2 Å². The summed E-state index contributed by atoms with van der Waals surface area (Å²) >= 11 is 0. The number of rotatable bonds is 4. The van der Waals surface area contributed by atoms with Gasteiger partial charge in [0.05, 0.1) is 19.3 Å². The van der Waals surface area contributed by atoms with Gasteiger partial charge in [0, 0.05) is 31.7 Å². The van der Waals surface area contributed by atoms with Crippen LogP contribution < -0.4 is 0 Å². The van der Waals surface area contributed by atoms with Gasteiger partial charge in [-0.2, -0.15) is 0 Å². The zero-order valence-electron chi connectivity index (χ0n) is 15.5. The summed E-state index contributed by atoms with van der Waals surface area (Å²) in [5, 5.41) is 10.1. The molecule has 1 aromatic carbocycles. The molecule has 1 aromatic rings. The summed E-state index contributed by atoms with van der Waals surface area (Å²) in [6.07, 6.45) is -0.490. The minimum Gasteiger partial charge on any atom is -0.468 e. The number of ether oxygens (including phenoxy) is 1. The first-order valence-corrected chi connectivity index (χ1v) is 9.19. The highest BCUT2D eigenvalue weighted by Gasteiger charge is 2.64. The quantitative estimate of drug-likeness (QED) is 0.539. The van der Waals surface area contributed by atoms with Crippen LogP contribution in [0.25, 0.3) is 0 Å². The lowest BCUT2D eigenvalue weighted by Gasteiger charge is -2.58. The van der Waals surface area contributed by atoms with Gasteiger partial charge in [0.1, 0.15) is 17.9 Å². The van der Waals surface area contributed by atoms with Gasteiger partial charge in [-0.15, -0.1) is 0 Å². The van der Waals surface area contributed by atoms with Gasteiger partial charge in [-0.1, -0.05) is 18.2 Å². The molecule has 2 amide bonds. The van der Waals surface area contributed by atoms with Crippen molar-refractivity contribution in [3.63, 3.8) is 0 Å². The second-order valence-electron chi connectivity index (χ2n) is 7.63. The molecule has 8 nitrogen and oxygen atoms in total. The Morgan fingerprint density at radius 2 is 2.04 bits per heavy atom. The maximum atomic E-state index is 13.9. The summed E-state index contributed by atoms with van der Waals surface area (Å²) in [4.78, 5) is 42.3. The predicted octanol–water partition coefficient (Wildman–Crippen LogP) is -0.643. The number of β-amino-alcohol motifs (C(OH)–C–C–N with tert-alkyl or cyclic N) is 1. The van der Waals surface area contributed by atoms with Crippen molar-refractivity contribution in [1.82, 2.24) is 14.7 Å². The molecular weight excluding hydrogens is 369 g/mol. The van der Waals surface area contributed by atoms with Gasteiger partial charge in [0.15, 0.2) is 0 Å². The first-order valence-electron chi connectivity index (χ1n) is 9.19. The fourth-order valence-electron chi connectivity index (χ4n) is 4.51. The molecule has 0 radical (unpaired) electrons. The molecule has 9 heteroatoms. The number of imide groups is 1. The van der Waals surface area contributed by atoms with Crippen molar-refractivity contribution in [2.75, 3.05) is 33.3 Å². The standard InChI is InChI=1S/C19H22FN3O5/c1-28-16(25)9-22-17(26)15-6-13(24)8-23(15)19(18(22)27)10-21(11-19)7-12-4-2-3-5-14(12)20/h2-5,13,15,24H,6-11H2,1H3. The van der Waals surface area contributed by atoms with Crippen molar-refractivity contribution >= 4 is 17.8 Å². The molecule has 0 saturated carbocycles. The summed E-state index contributed by atoms with van der Waals surface area (Å²) < 4.78 is 18.6. The summed E-state index contributed by atoms with van der Waals surface area (Å²) in [6.45, 7) is 0.724. The van der Waals surface area contributed by atoms with Crippen LogP contribution in [-0.4, -0.2) is 88.6 Å². The number of hydrogen-bond acceptors (Lipinski definition) is 7. The fourth-order valence-corrected chi connectivity index (χ4v) is 4.51. The number of methoxy groups -OCH3 is 1. The number of carbonyl (C=O) groups excluding carboxylic acids is 3. The number of hydrogen-bond donors (Lipinski definition) is 1. The van der Waals surface area contributed by atoms with Crippen LogP contribution in [0, 0.1) is 5.82 Å². The molecule has 3 aliphatic rings. The van der Waals surface area contributed by atoms with Crippen LogP contribution in [0.4, 0.5) is 4.39 Å². The molecule has 0 aliphatic carbocycles. The second-order valence-corrected chi connectivity index (χ2v) is 7.63. The Bertz CT molecular complexity index is 826. The average Bonchev–Trinajstić information content (AvgIpc) is 3.04. The number of aliphatic hydroxyl groups excluding tert-OH is 1. The largest absolute Gasteiger partial charge is 0.468 e. The van der Waals surface area contributed by atoms with Crippen molar-refractivity contribution in [1.29, 1.82) is 0 Å². The second kappa shape index (κ2) is 6.91. The Morgan fingerprint density at radius 1 is 1.32 bits per heavy atom. The predicted molar refractivity (Wildman–Crippen MR) is 94.3 cm³/mol. The number of piperazine rings is 1. The molecule has 3 aliphatic heterocycles. The van der Waals surface area contributed by atoms with Gasteiger partial charge in [0.25, 0.3) is 5.91 Å². The molecular formula is C19H22FN3O5. The van der Waals surface area contributed by atoms with Gasteiger partial charge in [0.2, 0.25) is 5.91 Å². The molecule has 3 saturated heterocycles. The maximum absolute atomic E-state index is 13.9. The first-order chi connectivity index (χ1) is 13.4. The molecule has 1 spiro atoms. The number of likely N-dealkylation sites (tertiary alicyclic amines) is 1. The molecule has 2 unspecified atom stereocenters. The Hall–Kier alpha value is -2.36. The van der Waals surface area contributed by atoms with Gasteiger partial charge < -0.3 is 9.84 Å². The van der Waals surface area contributed by atoms with E-state index in [2.05, 4.69) is 4.74 Å². The van der Waals surface area contributed by atoms with E-state index in [4.69, 9.17) is 0 Å². The van der Waals surface area contributed by atoms with E-state index < -0.39 is 42.0 Å². The van der Waals surface area contributed by atoms with E-state index >= 15 is 0 Å². The Balaban J connectivity index is 1.56. The van der Waals surface area contributed by atoms with Crippen molar-refractivity contribution in [3.05, 3.63) is 35.6 Å².